The van der Waals surface area contributed by atoms with Crippen molar-refractivity contribution in [1.29, 1.82) is 5.26 Å². The first-order valence-electron chi connectivity index (χ1n) is 11.1. The van der Waals surface area contributed by atoms with E-state index >= 15 is 0 Å². The molecule has 6 nitrogen and oxygen atoms in total. The summed E-state index contributed by atoms with van der Waals surface area (Å²) < 4.78 is 30.1. The van der Waals surface area contributed by atoms with E-state index < -0.39 is 28.4 Å². The van der Waals surface area contributed by atoms with Crippen LogP contribution in [0.3, 0.4) is 0 Å². The van der Waals surface area contributed by atoms with Crippen LogP contribution < -0.4 is 0 Å². The van der Waals surface area contributed by atoms with E-state index in [1.54, 1.807) is 13.1 Å². The number of hydrogen-bond donors (Lipinski definition) is 2. The molecule has 0 amide bonds. The molecule has 174 valence electrons. The number of aliphatic carboxylic acids is 1. The van der Waals surface area contributed by atoms with Gasteiger partial charge in [0.15, 0.2) is 11.6 Å². The molecule has 1 fully saturated rings. The molecule has 5 rings (SSSR count). The zero-order chi connectivity index (χ0) is 24.4. The highest BCUT2D eigenvalue weighted by Gasteiger charge is 2.49. The minimum Gasteiger partial charge on any atom is -0.481 e. The van der Waals surface area contributed by atoms with E-state index in [4.69, 9.17) is 0 Å². The van der Waals surface area contributed by atoms with Gasteiger partial charge in [0.05, 0.1) is 28.7 Å². The highest BCUT2D eigenvalue weighted by molar-refractivity contribution is 5.99. The van der Waals surface area contributed by atoms with Crippen molar-refractivity contribution in [2.24, 2.45) is 5.41 Å². The van der Waals surface area contributed by atoms with Gasteiger partial charge in [0.2, 0.25) is 0 Å². The van der Waals surface area contributed by atoms with Gasteiger partial charge in [0.1, 0.15) is 0 Å². The number of rotatable bonds is 5. The van der Waals surface area contributed by atoms with Gasteiger partial charge >= 0.3 is 5.97 Å². The monoisotopic (exact) mass is 462 g/mol. The largest absolute Gasteiger partial charge is 0.481 e. The Balaban J connectivity index is 1.87. The first kappa shape index (κ1) is 22.1. The SMILES string of the molecule is CC(C)(CC#N)c1c([C@H]2C[C@](C)(C(=O)O)C2)c2cc3[nH]ncc3cc2n1-c1ccc(F)c(F)c1. The molecular weight excluding hydrogens is 438 g/mol. The van der Waals surface area contributed by atoms with E-state index in [1.807, 2.05) is 30.5 Å². The van der Waals surface area contributed by atoms with Gasteiger partial charge in [-0.3, -0.25) is 9.89 Å². The normalized spacial score (nSPS) is 20.4. The number of fused-ring (bicyclic) bond motifs is 2. The van der Waals surface area contributed by atoms with Crippen molar-refractivity contribution in [3.63, 3.8) is 0 Å². The van der Waals surface area contributed by atoms with Crippen molar-refractivity contribution in [2.45, 2.75) is 51.4 Å². The maximum absolute atomic E-state index is 14.4. The number of aromatic nitrogens is 3. The predicted octanol–water partition coefficient (Wildman–Crippen LogP) is 5.94. The lowest BCUT2D eigenvalue weighted by molar-refractivity contribution is -0.154. The van der Waals surface area contributed by atoms with Crippen molar-refractivity contribution in [1.82, 2.24) is 14.8 Å². The number of benzene rings is 2. The first-order chi connectivity index (χ1) is 16.1. The summed E-state index contributed by atoms with van der Waals surface area (Å²) in [6.45, 7) is 5.65. The summed E-state index contributed by atoms with van der Waals surface area (Å²) in [6.07, 6.45) is 2.80. The summed E-state index contributed by atoms with van der Waals surface area (Å²) in [5, 5.41) is 28.1. The predicted molar refractivity (Wildman–Crippen MR) is 124 cm³/mol. The molecule has 2 N–H and O–H groups in total. The van der Waals surface area contributed by atoms with E-state index in [0.717, 1.165) is 45.2 Å². The van der Waals surface area contributed by atoms with Gasteiger partial charge in [0.25, 0.3) is 0 Å². The second-order valence-electron chi connectivity index (χ2n) is 10.2. The number of nitrogens with one attached hydrogen (secondary N) is 1. The maximum atomic E-state index is 14.4. The first-order valence-corrected chi connectivity index (χ1v) is 11.1. The number of aromatic amines is 1. The van der Waals surface area contributed by atoms with E-state index in [1.165, 1.54) is 6.07 Å². The lowest BCUT2D eigenvalue weighted by Crippen LogP contribution is -2.41. The van der Waals surface area contributed by atoms with E-state index in [0.29, 0.717) is 18.5 Å². The Morgan fingerprint density at radius 1 is 1.29 bits per heavy atom. The summed E-state index contributed by atoms with van der Waals surface area (Å²) in [5.74, 6) is -2.78. The van der Waals surface area contributed by atoms with Gasteiger partial charge in [0, 0.05) is 40.1 Å². The number of nitriles is 1. The number of halogens is 2. The molecule has 0 saturated heterocycles. The van der Waals surface area contributed by atoms with Crippen LogP contribution in [0.15, 0.2) is 36.5 Å². The van der Waals surface area contributed by atoms with E-state index in [2.05, 4.69) is 16.3 Å². The molecule has 8 heteroatoms. The number of nitrogens with zero attached hydrogens (tertiary/aromatic N) is 3. The number of carboxylic acid groups (broad SMARTS) is 1. The van der Waals surface area contributed by atoms with Crippen molar-refractivity contribution in [3.05, 3.63) is 59.4 Å². The highest BCUT2D eigenvalue weighted by Crippen LogP contribution is 2.56. The maximum Gasteiger partial charge on any atom is 0.309 e. The van der Waals surface area contributed by atoms with Crippen molar-refractivity contribution in [3.8, 4) is 11.8 Å². The van der Waals surface area contributed by atoms with Crippen LogP contribution in [0.4, 0.5) is 8.78 Å². The quantitative estimate of drug-likeness (QED) is 0.383. The van der Waals surface area contributed by atoms with Crippen LogP contribution in [0.2, 0.25) is 0 Å². The van der Waals surface area contributed by atoms with Gasteiger partial charge in [-0.1, -0.05) is 13.8 Å². The molecule has 0 unspecified atom stereocenters. The lowest BCUT2D eigenvalue weighted by atomic mass is 9.59. The summed E-state index contributed by atoms with van der Waals surface area (Å²) in [7, 11) is 0. The van der Waals surface area contributed by atoms with Gasteiger partial charge in [-0.2, -0.15) is 10.4 Å². The van der Waals surface area contributed by atoms with Crippen LogP contribution in [0.5, 0.6) is 0 Å². The van der Waals surface area contributed by atoms with Crippen molar-refractivity contribution in [2.75, 3.05) is 0 Å². The highest BCUT2D eigenvalue weighted by atomic mass is 19.2. The standard InChI is InChI=1S/C26H24F2N4O2/c1-25(2,6-7-29)23-22(15-11-26(3,12-15)24(33)34)17-10-20-14(13-30-31-20)8-21(17)32(23)16-4-5-18(27)19(28)9-16/h4-5,8-10,13,15H,6,11-12H2,1-3H3,(H,30,31)(H,33,34)/t15-,26-. The van der Waals surface area contributed by atoms with E-state index in [-0.39, 0.29) is 12.3 Å². The molecule has 0 atom stereocenters. The fourth-order valence-corrected chi connectivity index (χ4v) is 5.41. The topological polar surface area (TPSA) is 94.7 Å². The van der Waals surface area contributed by atoms with Crippen LogP contribution in [-0.4, -0.2) is 25.8 Å². The Labute approximate surface area is 194 Å². The summed E-state index contributed by atoms with van der Waals surface area (Å²) >= 11 is 0. The Hall–Kier alpha value is -3.73. The van der Waals surface area contributed by atoms with Crippen molar-refractivity contribution < 1.29 is 18.7 Å². The minimum absolute atomic E-state index is 0.0523. The summed E-state index contributed by atoms with van der Waals surface area (Å²) in [4.78, 5) is 11.8. The van der Waals surface area contributed by atoms with Gasteiger partial charge in [-0.25, -0.2) is 8.78 Å². The second kappa shape index (κ2) is 7.39. The molecule has 0 aliphatic heterocycles. The summed E-state index contributed by atoms with van der Waals surface area (Å²) in [6, 6.07) is 9.96. The van der Waals surface area contributed by atoms with Crippen LogP contribution >= 0.6 is 0 Å². The fourth-order valence-electron chi connectivity index (χ4n) is 5.41. The average Bonchev–Trinajstić information content (AvgIpc) is 3.33. The van der Waals surface area contributed by atoms with Gasteiger partial charge in [-0.05, 0) is 55.5 Å². The molecule has 2 aromatic heterocycles. The van der Waals surface area contributed by atoms with Crippen LogP contribution in [0.25, 0.3) is 27.5 Å². The molecule has 1 aliphatic rings. The second-order valence-corrected chi connectivity index (χ2v) is 10.2. The molecule has 1 aliphatic carbocycles. The Bertz CT molecular complexity index is 1500. The van der Waals surface area contributed by atoms with Crippen LogP contribution in [0.1, 0.15) is 57.2 Å². The van der Waals surface area contributed by atoms with Gasteiger partial charge in [-0.15, -0.1) is 0 Å². The fraction of sp³-hybridized carbons (Fsp3) is 0.346. The smallest absolute Gasteiger partial charge is 0.309 e. The number of hydrogen-bond acceptors (Lipinski definition) is 3. The lowest BCUT2D eigenvalue weighted by Gasteiger charge is -2.43. The Morgan fingerprint density at radius 2 is 2.03 bits per heavy atom. The average molecular weight is 463 g/mol. The molecule has 2 aromatic carbocycles. The molecule has 0 spiro atoms. The summed E-state index contributed by atoms with van der Waals surface area (Å²) in [5.41, 5.74) is 2.34. The molecular formula is C26H24F2N4O2. The number of H-pyrrole nitrogens is 1. The molecule has 2 heterocycles. The third-order valence-corrected chi connectivity index (χ3v) is 7.21. The van der Waals surface area contributed by atoms with Crippen molar-refractivity contribution >= 4 is 27.8 Å². The minimum atomic E-state index is -0.962. The molecule has 34 heavy (non-hydrogen) atoms. The van der Waals surface area contributed by atoms with Crippen LogP contribution in [0, 0.1) is 28.4 Å². The number of carboxylic acids is 1. The Kier molecular flexibility index (Phi) is 4.80. The number of carbonyl (C=O) groups is 1. The van der Waals surface area contributed by atoms with Gasteiger partial charge < -0.3 is 9.67 Å². The third-order valence-electron chi connectivity index (χ3n) is 7.21. The molecule has 0 bridgehead atoms. The van der Waals surface area contributed by atoms with E-state index in [9.17, 15) is 23.9 Å². The third kappa shape index (κ3) is 3.18. The zero-order valence-electron chi connectivity index (χ0n) is 19.1. The molecule has 0 radical (unpaired) electrons. The molecule has 1 saturated carbocycles. The Morgan fingerprint density at radius 3 is 2.68 bits per heavy atom. The zero-order valence-corrected chi connectivity index (χ0v) is 19.1. The van der Waals surface area contributed by atoms with Crippen LogP contribution in [-0.2, 0) is 10.2 Å². The molecule has 4 aromatic rings.